The molecule has 1 atom stereocenters. The first-order valence-electron chi connectivity index (χ1n) is 8.78. The number of nitrogens with one attached hydrogen (secondary N) is 2. The predicted molar refractivity (Wildman–Crippen MR) is 101 cm³/mol. The maximum absolute atomic E-state index is 12.9. The van der Waals surface area contributed by atoms with E-state index in [2.05, 4.69) is 10.6 Å². The molecule has 0 spiro atoms. The van der Waals surface area contributed by atoms with Crippen LogP contribution in [0.25, 0.3) is 0 Å². The van der Waals surface area contributed by atoms with Crippen molar-refractivity contribution < 1.29 is 23.5 Å². The van der Waals surface area contributed by atoms with E-state index in [1.54, 1.807) is 36.6 Å². The number of methoxy groups -OCH3 is 2. The summed E-state index contributed by atoms with van der Waals surface area (Å²) in [5.41, 5.74) is 0.259. The minimum Gasteiger partial charge on any atom is -0.496 e. The second-order valence-electron chi connectivity index (χ2n) is 6.49. The van der Waals surface area contributed by atoms with Gasteiger partial charge < -0.3 is 24.5 Å². The highest BCUT2D eigenvalue weighted by Crippen LogP contribution is 2.28. The molecule has 2 N–H and O–H groups in total. The first-order valence-corrected chi connectivity index (χ1v) is 8.78. The van der Waals surface area contributed by atoms with Gasteiger partial charge in [0.1, 0.15) is 28.9 Å². The largest absolute Gasteiger partial charge is 0.496 e. The topological polar surface area (TPSA) is 89.8 Å². The van der Waals surface area contributed by atoms with E-state index >= 15 is 0 Å². The Balaban J connectivity index is 2.15. The summed E-state index contributed by atoms with van der Waals surface area (Å²) < 4.78 is 15.8. The molecular weight excluding hydrogens is 348 g/mol. The third-order valence-corrected chi connectivity index (χ3v) is 4.00. The summed E-state index contributed by atoms with van der Waals surface area (Å²) in [6.07, 6.45) is 2.04. The fourth-order valence-corrected chi connectivity index (χ4v) is 2.72. The number of amides is 2. The average molecular weight is 374 g/mol. The zero-order chi connectivity index (χ0) is 19.8. The molecule has 7 heteroatoms. The van der Waals surface area contributed by atoms with E-state index in [9.17, 15) is 9.59 Å². The molecule has 2 aromatic rings. The molecule has 1 aromatic carbocycles. The van der Waals surface area contributed by atoms with Crippen LogP contribution in [-0.2, 0) is 11.3 Å². The van der Waals surface area contributed by atoms with E-state index in [1.807, 2.05) is 13.8 Å². The van der Waals surface area contributed by atoms with Crippen molar-refractivity contribution in [3.63, 3.8) is 0 Å². The van der Waals surface area contributed by atoms with Crippen LogP contribution < -0.4 is 20.1 Å². The molecule has 0 fully saturated rings. The summed E-state index contributed by atoms with van der Waals surface area (Å²) in [5.74, 6) is 0.913. The Morgan fingerprint density at radius 3 is 2.26 bits per heavy atom. The van der Waals surface area contributed by atoms with Gasteiger partial charge >= 0.3 is 0 Å². The highest BCUT2D eigenvalue weighted by atomic mass is 16.5. The Kier molecular flexibility index (Phi) is 7.28. The maximum atomic E-state index is 12.9. The van der Waals surface area contributed by atoms with E-state index in [-0.39, 0.29) is 23.9 Å². The van der Waals surface area contributed by atoms with Gasteiger partial charge in [0, 0.05) is 0 Å². The number of furan rings is 1. The standard InChI is InChI=1S/C20H26N2O5/c1-13(2)11-15(19(23)21-12-14-7-6-10-27-14)22-20(24)18-16(25-3)8-5-9-17(18)26-4/h5-10,13,15H,11-12H2,1-4H3,(H,21,23)(H,22,24)/t15-/m1/s1. The fraction of sp³-hybridized carbons (Fsp3) is 0.400. The number of carbonyl (C=O) groups excluding carboxylic acids is 2. The Bertz CT molecular complexity index is 733. The first-order chi connectivity index (χ1) is 13.0. The molecule has 0 radical (unpaired) electrons. The van der Waals surface area contributed by atoms with E-state index in [4.69, 9.17) is 13.9 Å². The Morgan fingerprint density at radius 1 is 1.07 bits per heavy atom. The Labute approximate surface area is 159 Å². The van der Waals surface area contributed by atoms with Crippen LogP contribution in [-0.4, -0.2) is 32.1 Å². The number of hydrogen-bond acceptors (Lipinski definition) is 5. The number of rotatable bonds is 9. The lowest BCUT2D eigenvalue weighted by atomic mass is 10.0. The number of hydrogen-bond donors (Lipinski definition) is 2. The molecule has 0 saturated heterocycles. The van der Waals surface area contributed by atoms with Gasteiger partial charge in [-0.25, -0.2) is 0 Å². The molecule has 0 aliphatic heterocycles. The molecule has 1 heterocycles. The quantitative estimate of drug-likeness (QED) is 0.704. The third kappa shape index (κ3) is 5.51. The molecule has 0 unspecified atom stereocenters. The van der Waals surface area contributed by atoms with Crippen molar-refractivity contribution in [3.8, 4) is 11.5 Å². The summed E-state index contributed by atoms with van der Waals surface area (Å²) in [5, 5.41) is 5.60. The highest BCUT2D eigenvalue weighted by Gasteiger charge is 2.26. The summed E-state index contributed by atoms with van der Waals surface area (Å²) in [6.45, 7) is 4.24. The molecule has 7 nitrogen and oxygen atoms in total. The van der Waals surface area contributed by atoms with Crippen molar-refractivity contribution in [1.82, 2.24) is 10.6 Å². The van der Waals surface area contributed by atoms with Gasteiger partial charge in [-0.1, -0.05) is 19.9 Å². The van der Waals surface area contributed by atoms with Gasteiger partial charge in [-0.3, -0.25) is 9.59 Å². The Morgan fingerprint density at radius 2 is 1.74 bits per heavy atom. The van der Waals surface area contributed by atoms with Gasteiger partial charge in [0.25, 0.3) is 5.91 Å². The van der Waals surface area contributed by atoms with Crippen molar-refractivity contribution in [2.75, 3.05) is 14.2 Å². The average Bonchev–Trinajstić information content (AvgIpc) is 3.17. The minimum absolute atomic E-state index is 0.212. The van der Waals surface area contributed by atoms with Crippen LogP contribution in [0.3, 0.4) is 0 Å². The van der Waals surface area contributed by atoms with Gasteiger partial charge in [0.05, 0.1) is 27.0 Å². The molecule has 0 saturated carbocycles. The van der Waals surface area contributed by atoms with Crippen LogP contribution in [0.1, 0.15) is 36.4 Å². The normalized spacial score (nSPS) is 11.7. The van der Waals surface area contributed by atoms with E-state index in [1.165, 1.54) is 14.2 Å². The number of ether oxygens (including phenoxy) is 2. The van der Waals surface area contributed by atoms with E-state index in [0.717, 1.165) is 0 Å². The second kappa shape index (κ2) is 9.66. The lowest BCUT2D eigenvalue weighted by Crippen LogP contribution is -2.47. The third-order valence-electron chi connectivity index (χ3n) is 4.00. The van der Waals surface area contributed by atoms with Crippen LogP contribution >= 0.6 is 0 Å². The molecule has 27 heavy (non-hydrogen) atoms. The van der Waals surface area contributed by atoms with Gasteiger partial charge in [-0.05, 0) is 36.6 Å². The van der Waals surface area contributed by atoms with Crippen LogP contribution in [0, 0.1) is 5.92 Å². The van der Waals surface area contributed by atoms with Crippen molar-refractivity contribution >= 4 is 11.8 Å². The first kappa shape index (κ1) is 20.4. The minimum atomic E-state index is -0.693. The molecule has 0 bridgehead atoms. The SMILES string of the molecule is COc1cccc(OC)c1C(=O)N[C@H](CC(C)C)C(=O)NCc1ccco1. The van der Waals surface area contributed by atoms with Crippen molar-refractivity contribution in [2.45, 2.75) is 32.9 Å². The maximum Gasteiger partial charge on any atom is 0.259 e. The molecule has 2 rings (SSSR count). The monoisotopic (exact) mass is 374 g/mol. The molecular formula is C20H26N2O5. The lowest BCUT2D eigenvalue weighted by molar-refractivity contribution is -0.123. The van der Waals surface area contributed by atoms with Crippen LogP contribution in [0.2, 0.25) is 0 Å². The Hall–Kier alpha value is -2.96. The second-order valence-corrected chi connectivity index (χ2v) is 6.49. The van der Waals surface area contributed by atoms with E-state index in [0.29, 0.717) is 23.7 Å². The smallest absolute Gasteiger partial charge is 0.259 e. The fourth-order valence-electron chi connectivity index (χ4n) is 2.72. The van der Waals surface area contributed by atoms with E-state index < -0.39 is 11.9 Å². The summed E-state index contributed by atoms with van der Waals surface area (Å²) in [7, 11) is 2.96. The van der Waals surface area contributed by atoms with Crippen molar-refractivity contribution in [1.29, 1.82) is 0 Å². The van der Waals surface area contributed by atoms with Gasteiger partial charge in [-0.2, -0.15) is 0 Å². The number of benzene rings is 1. The van der Waals surface area contributed by atoms with Crippen LogP contribution in [0.5, 0.6) is 11.5 Å². The van der Waals surface area contributed by atoms with Crippen molar-refractivity contribution in [2.24, 2.45) is 5.92 Å². The van der Waals surface area contributed by atoms with Gasteiger partial charge in [-0.15, -0.1) is 0 Å². The van der Waals surface area contributed by atoms with Crippen molar-refractivity contribution in [3.05, 3.63) is 47.9 Å². The molecule has 1 aromatic heterocycles. The summed E-state index contributed by atoms with van der Waals surface area (Å²) in [6, 6.07) is 7.91. The molecule has 2 amide bonds. The molecule has 0 aliphatic rings. The molecule has 0 aliphatic carbocycles. The van der Waals surface area contributed by atoms with Gasteiger partial charge in [0.2, 0.25) is 5.91 Å². The van der Waals surface area contributed by atoms with Gasteiger partial charge in [0.15, 0.2) is 0 Å². The summed E-state index contributed by atoms with van der Waals surface area (Å²) >= 11 is 0. The summed E-state index contributed by atoms with van der Waals surface area (Å²) in [4.78, 5) is 25.5. The lowest BCUT2D eigenvalue weighted by Gasteiger charge is -2.21. The molecule has 146 valence electrons. The van der Waals surface area contributed by atoms with Crippen LogP contribution in [0.4, 0.5) is 0 Å². The van der Waals surface area contributed by atoms with Crippen LogP contribution in [0.15, 0.2) is 41.0 Å². The zero-order valence-electron chi connectivity index (χ0n) is 16.1. The highest BCUT2D eigenvalue weighted by molar-refractivity contribution is 6.02. The predicted octanol–water partition coefficient (Wildman–Crippen LogP) is 2.76. The zero-order valence-corrected chi connectivity index (χ0v) is 16.1. The number of carbonyl (C=O) groups is 2.